The summed E-state index contributed by atoms with van der Waals surface area (Å²) < 4.78 is 10.1. The molecule has 2 heterocycles. The van der Waals surface area contributed by atoms with Gasteiger partial charge in [-0.2, -0.15) is 0 Å². The molecule has 14 nitrogen and oxygen atoms in total. The molecule has 0 saturated carbocycles. The van der Waals surface area contributed by atoms with Gasteiger partial charge in [-0.25, -0.2) is 9.59 Å². The van der Waals surface area contributed by atoms with E-state index < -0.39 is 47.9 Å². The van der Waals surface area contributed by atoms with E-state index in [-0.39, 0.29) is 56.6 Å². The van der Waals surface area contributed by atoms with E-state index in [0.29, 0.717) is 18.5 Å². The Morgan fingerprint density at radius 3 is 2.47 bits per heavy atom. The Bertz CT molecular complexity index is 1140. The van der Waals surface area contributed by atoms with Crippen molar-refractivity contribution in [2.24, 2.45) is 17.6 Å². The van der Waals surface area contributed by atoms with E-state index in [1.807, 2.05) is 13.8 Å². The fraction of sp³-hybridized carbons (Fsp3) is 0.552. The van der Waals surface area contributed by atoms with E-state index >= 15 is 0 Å². The number of ether oxygens (including phenoxy) is 2. The summed E-state index contributed by atoms with van der Waals surface area (Å²) in [6, 6.07) is 0.426. The zero-order valence-corrected chi connectivity index (χ0v) is 24.8. The van der Waals surface area contributed by atoms with Gasteiger partial charge in [0.05, 0.1) is 6.61 Å². The molecule has 236 valence electrons. The highest BCUT2D eigenvalue weighted by Crippen LogP contribution is 2.17. The Hall–Kier alpha value is -4.49. The first-order chi connectivity index (χ1) is 20.5. The van der Waals surface area contributed by atoms with Crippen LogP contribution in [0.5, 0.6) is 0 Å². The molecular formula is C29H42N6O8. The van der Waals surface area contributed by atoms with Crippen molar-refractivity contribution in [1.82, 2.24) is 26.3 Å². The Morgan fingerprint density at radius 2 is 1.86 bits per heavy atom. The van der Waals surface area contributed by atoms with Crippen LogP contribution in [0.25, 0.3) is 0 Å². The number of rotatable bonds is 17. The molecule has 1 fully saturated rings. The van der Waals surface area contributed by atoms with Crippen LogP contribution in [0, 0.1) is 11.8 Å². The number of alkyl carbamates (subject to hydrolysis) is 1. The number of hydrogen-bond acceptors (Lipinski definition) is 9. The van der Waals surface area contributed by atoms with Crippen LogP contribution in [0.15, 0.2) is 36.7 Å². The summed E-state index contributed by atoms with van der Waals surface area (Å²) in [7, 11) is 0. The van der Waals surface area contributed by atoms with Gasteiger partial charge in [-0.05, 0) is 44.6 Å². The van der Waals surface area contributed by atoms with E-state index in [1.54, 1.807) is 25.3 Å². The second-order valence-electron chi connectivity index (χ2n) is 10.6. The van der Waals surface area contributed by atoms with Crippen LogP contribution in [0.3, 0.4) is 0 Å². The van der Waals surface area contributed by atoms with Crippen molar-refractivity contribution in [1.29, 1.82) is 0 Å². The number of pyridine rings is 1. The van der Waals surface area contributed by atoms with Crippen LogP contribution < -0.4 is 27.0 Å². The highest BCUT2D eigenvalue weighted by atomic mass is 16.5. The topological polar surface area (TPSA) is 208 Å². The molecule has 14 heteroatoms. The van der Waals surface area contributed by atoms with Crippen LogP contribution in [0.4, 0.5) is 4.79 Å². The molecule has 2 rings (SSSR count). The minimum atomic E-state index is -1.22. The molecule has 1 saturated heterocycles. The number of hydrogen-bond donors (Lipinski definition) is 5. The molecule has 0 aliphatic carbocycles. The van der Waals surface area contributed by atoms with Crippen molar-refractivity contribution in [2.75, 3.05) is 13.2 Å². The molecule has 1 aliphatic heterocycles. The van der Waals surface area contributed by atoms with Crippen molar-refractivity contribution >= 4 is 35.7 Å². The number of amides is 5. The van der Waals surface area contributed by atoms with E-state index in [0.717, 1.165) is 0 Å². The lowest BCUT2D eigenvalue weighted by Gasteiger charge is -2.26. The molecular weight excluding hydrogens is 560 g/mol. The van der Waals surface area contributed by atoms with E-state index in [4.69, 9.17) is 15.2 Å². The third kappa shape index (κ3) is 13.4. The number of esters is 1. The first-order valence-corrected chi connectivity index (χ1v) is 14.3. The molecule has 43 heavy (non-hydrogen) atoms. The van der Waals surface area contributed by atoms with Crippen molar-refractivity contribution in [2.45, 2.75) is 77.6 Å². The third-order valence-corrected chi connectivity index (χ3v) is 6.50. The van der Waals surface area contributed by atoms with Crippen LogP contribution in [0.1, 0.15) is 58.4 Å². The summed E-state index contributed by atoms with van der Waals surface area (Å²) >= 11 is 0. The van der Waals surface area contributed by atoms with E-state index in [1.165, 1.54) is 18.3 Å². The Labute approximate surface area is 250 Å². The van der Waals surface area contributed by atoms with Gasteiger partial charge in [-0.3, -0.25) is 24.2 Å². The molecule has 6 N–H and O–H groups in total. The van der Waals surface area contributed by atoms with Gasteiger partial charge < -0.3 is 36.5 Å². The number of nitrogens with zero attached hydrogens (tertiary/aromatic N) is 1. The lowest BCUT2D eigenvalue weighted by molar-refractivity contribution is -0.137. The predicted molar refractivity (Wildman–Crippen MR) is 155 cm³/mol. The molecule has 0 radical (unpaired) electrons. The molecule has 1 aliphatic rings. The maximum atomic E-state index is 13.5. The van der Waals surface area contributed by atoms with Gasteiger partial charge in [-0.1, -0.05) is 26.0 Å². The SMILES string of the molecule is CCOC(=O)/C=C/[C@H](C[C@@H]1CCNC1=O)NC(=O)[C@H](CC(C)C)NC(=O)[C@H](CCC(N)=O)NC(=O)OCc1cccnc1. The van der Waals surface area contributed by atoms with Gasteiger partial charge in [0.1, 0.15) is 18.7 Å². The van der Waals surface area contributed by atoms with Crippen molar-refractivity contribution < 1.29 is 38.2 Å². The van der Waals surface area contributed by atoms with Gasteiger partial charge in [0.2, 0.25) is 23.6 Å². The summed E-state index contributed by atoms with van der Waals surface area (Å²) in [5.74, 6) is -3.06. The lowest BCUT2D eigenvalue weighted by Crippen LogP contribution is -2.55. The van der Waals surface area contributed by atoms with Gasteiger partial charge >= 0.3 is 12.1 Å². The van der Waals surface area contributed by atoms with Crippen LogP contribution in [0.2, 0.25) is 0 Å². The summed E-state index contributed by atoms with van der Waals surface area (Å²) in [6.45, 7) is 6.00. The average molecular weight is 603 g/mol. The number of carbonyl (C=O) groups excluding carboxylic acids is 6. The molecule has 1 aromatic rings. The highest BCUT2D eigenvalue weighted by molar-refractivity contribution is 5.92. The van der Waals surface area contributed by atoms with Crippen LogP contribution in [-0.4, -0.2) is 72.0 Å². The minimum absolute atomic E-state index is 0.0216. The number of nitrogens with one attached hydrogen (secondary N) is 4. The molecule has 0 bridgehead atoms. The molecule has 4 atom stereocenters. The summed E-state index contributed by atoms with van der Waals surface area (Å²) in [5, 5.41) is 10.7. The Balaban J connectivity index is 2.14. The summed E-state index contributed by atoms with van der Waals surface area (Å²) in [5.41, 5.74) is 5.90. The fourth-order valence-electron chi connectivity index (χ4n) is 4.38. The second-order valence-corrected chi connectivity index (χ2v) is 10.6. The van der Waals surface area contributed by atoms with Gasteiger partial charge in [0, 0.05) is 49.0 Å². The fourth-order valence-corrected chi connectivity index (χ4v) is 4.38. The maximum absolute atomic E-state index is 13.5. The normalized spacial score (nSPS) is 16.6. The largest absolute Gasteiger partial charge is 0.463 e. The number of aromatic nitrogens is 1. The number of carbonyl (C=O) groups is 6. The van der Waals surface area contributed by atoms with Crippen molar-refractivity contribution in [3.05, 3.63) is 42.2 Å². The predicted octanol–water partition coefficient (Wildman–Crippen LogP) is 0.603. The molecule has 1 aromatic heterocycles. The van der Waals surface area contributed by atoms with Crippen LogP contribution in [-0.2, 0) is 40.1 Å². The quantitative estimate of drug-likeness (QED) is 0.125. The van der Waals surface area contributed by atoms with Crippen molar-refractivity contribution in [3.8, 4) is 0 Å². The summed E-state index contributed by atoms with van der Waals surface area (Å²) in [4.78, 5) is 78.7. The Morgan fingerprint density at radius 1 is 1.12 bits per heavy atom. The first-order valence-electron chi connectivity index (χ1n) is 14.3. The lowest BCUT2D eigenvalue weighted by atomic mass is 9.96. The highest BCUT2D eigenvalue weighted by Gasteiger charge is 2.31. The Kier molecular flexibility index (Phi) is 14.6. The standard InChI is InChI=1S/C29H42N6O8/c1-4-42-25(37)10-7-21(15-20-11-13-32-26(20)38)33-28(40)23(14-18(2)3)34-27(39)22(8-9-24(30)36)35-29(41)43-17-19-6-5-12-31-16-19/h5-7,10,12,16,18,20-23H,4,8-9,11,13-15,17H2,1-3H3,(H2,30,36)(H,32,38)(H,33,40)(H,34,39)(H,35,41)/b10-7+/t20-,21+,22-,23-/m0/s1. The first kappa shape index (κ1) is 34.7. The molecule has 0 aromatic carbocycles. The summed E-state index contributed by atoms with van der Waals surface area (Å²) in [6.07, 6.45) is 5.57. The molecule has 5 amide bonds. The van der Waals surface area contributed by atoms with Gasteiger partial charge in [0.25, 0.3) is 0 Å². The van der Waals surface area contributed by atoms with E-state index in [9.17, 15) is 28.8 Å². The van der Waals surface area contributed by atoms with Gasteiger partial charge in [0.15, 0.2) is 0 Å². The smallest absolute Gasteiger partial charge is 0.408 e. The zero-order chi connectivity index (χ0) is 31.8. The number of nitrogens with two attached hydrogens (primary N) is 1. The third-order valence-electron chi connectivity index (χ3n) is 6.50. The zero-order valence-electron chi connectivity index (χ0n) is 24.8. The second kappa shape index (κ2) is 18.1. The average Bonchev–Trinajstić information content (AvgIpc) is 3.36. The van der Waals surface area contributed by atoms with Gasteiger partial charge in [-0.15, -0.1) is 0 Å². The molecule has 0 unspecified atom stereocenters. The minimum Gasteiger partial charge on any atom is -0.463 e. The monoisotopic (exact) mass is 602 g/mol. The van der Waals surface area contributed by atoms with Crippen molar-refractivity contribution in [3.63, 3.8) is 0 Å². The molecule has 0 spiro atoms. The van der Waals surface area contributed by atoms with E-state index in [2.05, 4.69) is 26.3 Å². The maximum Gasteiger partial charge on any atom is 0.408 e. The number of primary amides is 1. The van der Waals surface area contributed by atoms with Crippen LogP contribution >= 0.6 is 0 Å².